The molecule has 1 fully saturated rings. The van der Waals surface area contributed by atoms with E-state index in [1.807, 2.05) is 18.2 Å². The lowest BCUT2D eigenvalue weighted by atomic mass is 9.92. The maximum atomic E-state index is 12.5. The maximum absolute atomic E-state index is 12.5. The van der Waals surface area contributed by atoms with Crippen molar-refractivity contribution in [2.24, 2.45) is 11.8 Å². The van der Waals surface area contributed by atoms with Crippen LogP contribution < -0.4 is 4.90 Å². The largest absolute Gasteiger partial charge is 0.294 e. The number of hydrogen-bond acceptors (Lipinski definition) is 3. The Hall–Kier alpha value is -1.68. The number of benzene rings is 1. The van der Waals surface area contributed by atoms with Crippen LogP contribution in [-0.2, 0) is 9.59 Å². The first-order valence-electron chi connectivity index (χ1n) is 7.58. The molecule has 0 bridgehead atoms. The van der Waals surface area contributed by atoms with Crippen molar-refractivity contribution in [3.63, 3.8) is 0 Å². The first-order valence-corrected chi connectivity index (χ1v) is 7.58. The van der Waals surface area contributed by atoms with E-state index in [0.717, 1.165) is 13.1 Å². The summed E-state index contributed by atoms with van der Waals surface area (Å²) in [7, 11) is 0. The van der Waals surface area contributed by atoms with Gasteiger partial charge in [-0.1, -0.05) is 32.0 Å². The second-order valence-electron chi connectivity index (χ2n) is 6.22. The van der Waals surface area contributed by atoms with E-state index < -0.39 is 0 Å². The maximum Gasteiger partial charge on any atom is 0.247 e. The number of rotatable bonds is 3. The molecule has 0 aliphatic carbocycles. The summed E-state index contributed by atoms with van der Waals surface area (Å²) in [6.45, 7) is 8.03. The molecule has 0 saturated carbocycles. The van der Waals surface area contributed by atoms with Crippen LogP contribution in [0.25, 0.3) is 0 Å². The van der Waals surface area contributed by atoms with E-state index in [0.29, 0.717) is 24.1 Å². The van der Waals surface area contributed by atoms with Gasteiger partial charge in [0, 0.05) is 20.0 Å². The summed E-state index contributed by atoms with van der Waals surface area (Å²) < 4.78 is 0. The van der Waals surface area contributed by atoms with Gasteiger partial charge in [0.25, 0.3) is 0 Å². The highest BCUT2D eigenvalue weighted by Crippen LogP contribution is 2.21. The minimum absolute atomic E-state index is 0.144. The van der Waals surface area contributed by atoms with E-state index in [9.17, 15) is 9.59 Å². The smallest absolute Gasteiger partial charge is 0.247 e. The minimum Gasteiger partial charge on any atom is -0.294 e. The monoisotopic (exact) mass is 288 g/mol. The third-order valence-corrected chi connectivity index (χ3v) is 3.88. The SMILES string of the molecule is CC(=O)N(C(=O)CN1CC(C)CC(C)C1)c1ccccc1. The van der Waals surface area contributed by atoms with E-state index in [1.165, 1.54) is 18.2 Å². The predicted octanol–water partition coefficient (Wildman–Crippen LogP) is 2.54. The highest BCUT2D eigenvalue weighted by atomic mass is 16.2. The summed E-state index contributed by atoms with van der Waals surface area (Å²) in [6.07, 6.45) is 1.21. The fourth-order valence-electron chi connectivity index (χ4n) is 3.26. The molecule has 2 amide bonds. The summed E-state index contributed by atoms with van der Waals surface area (Å²) in [5.74, 6) is 0.826. The molecular formula is C17H24N2O2. The molecule has 114 valence electrons. The summed E-state index contributed by atoms with van der Waals surface area (Å²) in [5.41, 5.74) is 0.646. The van der Waals surface area contributed by atoms with E-state index in [-0.39, 0.29) is 11.8 Å². The van der Waals surface area contributed by atoms with Crippen LogP contribution in [0, 0.1) is 11.8 Å². The first-order chi connectivity index (χ1) is 9.97. The molecule has 4 heteroatoms. The van der Waals surface area contributed by atoms with E-state index in [1.54, 1.807) is 12.1 Å². The van der Waals surface area contributed by atoms with Crippen LogP contribution in [-0.4, -0.2) is 36.3 Å². The lowest BCUT2D eigenvalue weighted by Crippen LogP contribution is -2.47. The third kappa shape index (κ3) is 4.14. The van der Waals surface area contributed by atoms with Crippen molar-refractivity contribution in [3.8, 4) is 0 Å². The van der Waals surface area contributed by atoms with Gasteiger partial charge >= 0.3 is 0 Å². The molecule has 4 nitrogen and oxygen atoms in total. The predicted molar refractivity (Wildman–Crippen MR) is 84.0 cm³/mol. The average Bonchev–Trinajstić information content (AvgIpc) is 2.38. The number of hydrogen-bond donors (Lipinski definition) is 0. The second-order valence-corrected chi connectivity index (χ2v) is 6.22. The number of anilines is 1. The van der Waals surface area contributed by atoms with Gasteiger partial charge in [-0.05, 0) is 30.4 Å². The Morgan fingerprint density at radius 2 is 1.71 bits per heavy atom. The molecule has 1 heterocycles. The molecule has 1 aromatic carbocycles. The molecule has 0 N–H and O–H groups in total. The Labute approximate surface area is 126 Å². The number of piperidine rings is 1. The molecule has 2 unspecified atom stereocenters. The van der Waals surface area contributed by atoms with Crippen molar-refractivity contribution in [1.29, 1.82) is 0 Å². The molecule has 1 aliphatic rings. The first kappa shape index (κ1) is 15.7. The number of carbonyl (C=O) groups is 2. The molecule has 1 aliphatic heterocycles. The van der Waals surface area contributed by atoms with E-state index >= 15 is 0 Å². The molecule has 1 aromatic rings. The Morgan fingerprint density at radius 3 is 2.24 bits per heavy atom. The molecule has 2 rings (SSSR count). The quantitative estimate of drug-likeness (QED) is 0.858. The normalized spacial score (nSPS) is 22.8. The van der Waals surface area contributed by atoms with Gasteiger partial charge in [-0.3, -0.25) is 14.5 Å². The van der Waals surface area contributed by atoms with Crippen molar-refractivity contribution in [2.75, 3.05) is 24.5 Å². The Bertz CT molecular complexity index is 491. The van der Waals surface area contributed by atoms with Crippen molar-refractivity contribution in [2.45, 2.75) is 27.2 Å². The number of imide groups is 1. The molecule has 0 aromatic heterocycles. The molecule has 2 atom stereocenters. The van der Waals surface area contributed by atoms with Gasteiger partial charge in [-0.2, -0.15) is 0 Å². The zero-order valence-electron chi connectivity index (χ0n) is 13.1. The number of nitrogens with zero attached hydrogens (tertiary/aromatic N) is 2. The van der Waals surface area contributed by atoms with Gasteiger partial charge in [0.05, 0.1) is 12.2 Å². The Morgan fingerprint density at radius 1 is 1.14 bits per heavy atom. The highest BCUT2D eigenvalue weighted by molar-refractivity contribution is 6.14. The standard InChI is InChI=1S/C17H24N2O2/c1-13-9-14(2)11-18(10-13)12-17(21)19(15(3)20)16-7-5-4-6-8-16/h4-8,13-14H,9-12H2,1-3H3. The van der Waals surface area contributed by atoms with Crippen molar-refractivity contribution >= 4 is 17.5 Å². The van der Waals surface area contributed by atoms with Gasteiger partial charge in [0.1, 0.15) is 0 Å². The van der Waals surface area contributed by atoms with Gasteiger partial charge in [-0.15, -0.1) is 0 Å². The second kappa shape index (κ2) is 6.85. The topological polar surface area (TPSA) is 40.6 Å². The van der Waals surface area contributed by atoms with Crippen LogP contribution >= 0.6 is 0 Å². The fourth-order valence-corrected chi connectivity index (χ4v) is 3.26. The summed E-state index contributed by atoms with van der Waals surface area (Å²) in [5, 5.41) is 0. The van der Waals surface area contributed by atoms with Gasteiger partial charge in [0.15, 0.2) is 0 Å². The van der Waals surface area contributed by atoms with Crippen LogP contribution in [0.3, 0.4) is 0 Å². The Kier molecular flexibility index (Phi) is 5.12. The van der Waals surface area contributed by atoms with Gasteiger partial charge in [-0.25, -0.2) is 4.90 Å². The number of likely N-dealkylation sites (tertiary alicyclic amines) is 1. The third-order valence-electron chi connectivity index (χ3n) is 3.88. The van der Waals surface area contributed by atoms with E-state index in [4.69, 9.17) is 0 Å². The zero-order valence-corrected chi connectivity index (χ0v) is 13.1. The minimum atomic E-state index is -0.232. The lowest BCUT2D eigenvalue weighted by molar-refractivity contribution is -0.126. The summed E-state index contributed by atoms with van der Waals surface area (Å²) >= 11 is 0. The van der Waals surface area contributed by atoms with Crippen LogP contribution in [0.5, 0.6) is 0 Å². The summed E-state index contributed by atoms with van der Waals surface area (Å²) in [4.78, 5) is 27.8. The van der Waals surface area contributed by atoms with Crippen molar-refractivity contribution in [3.05, 3.63) is 30.3 Å². The van der Waals surface area contributed by atoms with Gasteiger partial charge in [0.2, 0.25) is 11.8 Å². The lowest BCUT2D eigenvalue weighted by Gasteiger charge is -2.35. The van der Waals surface area contributed by atoms with Crippen LogP contribution in [0.2, 0.25) is 0 Å². The van der Waals surface area contributed by atoms with Crippen LogP contribution in [0.4, 0.5) is 5.69 Å². The highest BCUT2D eigenvalue weighted by Gasteiger charge is 2.27. The summed E-state index contributed by atoms with van der Waals surface area (Å²) in [6, 6.07) is 9.13. The number of amides is 2. The molecule has 0 radical (unpaired) electrons. The number of para-hydroxylation sites is 1. The molecule has 21 heavy (non-hydrogen) atoms. The number of carbonyl (C=O) groups excluding carboxylic acids is 2. The molecular weight excluding hydrogens is 264 g/mol. The molecule has 0 spiro atoms. The van der Waals surface area contributed by atoms with Crippen LogP contribution in [0.1, 0.15) is 27.2 Å². The average molecular weight is 288 g/mol. The van der Waals surface area contributed by atoms with Crippen molar-refractivity contribution in [1.82, 2.24) is 4.90 Å². The Balaban J connectivity index is 2.08. The van der Waals surface area contributed by atoms with Crippen molar-refractivity contribution < 1.29 is 9.59 Å². The van der Waals surface area contributed by atoms with Gasteiger partial charge < -0.3 is 0 Å². The molecule has 1 saturated heterocycles. The zero-order chi connectivity index (χ0) is 15.4. The fraction of sp³-hybridized carbons (Fsp3) is 0.529. The van der Waals surface area contributed by atoms with Crippen LogP contribution in [0.15, 0.2) is 30.3 Å². The van der Waals surface area contributed by atoms with E-state index in [2.05, 4.69) is 18.7 Å².